The zero-order valence-electron chi connectivity index (χ0n) is 8.71. The second-order valence-corrected chi connectivity index (χ2v) is 2.61. The zero-order valence-corrected chi connectivity index (χ0v) is 11.9. The van der Waals surface area contributed by atoms with Gasteiger partial charge >= 0.3 is 25.3 Å². The number of nitrogens with zero attached hydrogens (tertiary/aromatic N) is 1. The first kappa shape index (κ1) is 18.5. The molecule has 0 amide bonds. The molecule has 0 heterocycles. The van der Waals surface area contributed by atoms with E-state index in [9.17, 15) is 0 Å². The van der Waals surface area contributed by atoms with Crippen molar-refractivity contribution in [2.24, 2.45) is 0 Å². The van der Waals surface area contributed by atoms with Gasteiger partial charge in [0.05, 0.1) is 26.2 Å². The SMILES string of the molecule is CC[N+](CC)(CC)CC.[OH-].[S]=[GeH]. The van der Waals surface area contributed by atoms with Crippen molar-refractivity contribution in [3.8, 4) is 0 Å². The Balaban J connectivity index is -0.000000249. The van der Waals surface area contributed by atoms with Gasteiger partial charge in [0.25, 0.3) is 0 Å². The molecule has 75 valence electrons. The molecule has 0 aromatic rings. The molecule has 0 aliphatic carbocycles. The summed E-state index contributed by atoms with van der Waals surface area (Å²) < 4.78 is 1.28. The maximum absolute atomic E-state index is 4.15. The van der Waals surface area contributed by atoms with E-state index >= 15 is 0 Å². The van der Waals surface area contributed by atoms with Gasteiger partial charge in [-0.3, -0.25) is 0 Å². The predicted octanol–water partition coefficient (Wildman–Crippen LogP) is 1.71. The van der Waals surface area contributed by atoms with Gasteiger partial charge in [-0.25, -0.2) is 0 Å². The molecule has 12 heavy (non-hydrogen) atoms. The third kappa shape index (κ3) is 6.23. The second kappa shape index (κ2) is 11.7. The molecule has 0 aliphatic rings. The number of hydrogen-bond donors (Lipinski definition) is 0. The molecule has 0 saturated heterocycles. The van der Waals surface area contributed by atoms with Crippen LogP contribution in [-0.4, -0.2) is 51.0 Å². The molecule has 0 aromatic heterocycles. The Hall–Kier alpha value is 0.683. The van der Waals surface area contributed by atoms with E-state index in [1.54, 1.807) is 0 Å². The summed E-state index contributed by atoms with van der Waals surface area (Å²) >= 11 is 1.27. The summed E-state index contributed by atoms with van der Waals surface area (Å²) in [4.78, 5) is 0. The van der Waals surface area contributed by atoms with Gasteiger partial charge < -0.3 is 9.96 Å². The summed E-state index contributed by atoms with van der Waals surface area (Å²) in [5.41, 5.74) is 0. The standard InChI is InChI=1S/C8H20N.GeHS.H2O/c1-5-9(6-2,7-3)8-4;1-2;/h5-8H2,1-4H3;1H;1H2/q+1;;/p-1. The van der Waals surface area contributed by atoms with Crippen LogP contribution in [0, 0.1) is 0 Å². The van der Waals surface area contributed by atoms with Crippen molar-refractivity contribution < 1.29 is 9.96 Å². The van der Waals surface area contributed by atoms with Crippen LogP contribution in [-0.2, 0) is 0 Å². The van der Waals surface area contributed by atoms with Crippen molar-refractivity contribution in [1.29, 1.82) is 0 Å². The van der Waals surface area contributed by atoms with Crippen LogP contribution in [0.3, 0.4) is 0 Å². The summed E-state index contributed by atoms with van der Waals surface area (Å²) in [6, 6.07) is 0. The third-order valence-electron chi connectivity index (χ3n) is 2.68. The van der Waals surface area contributed by atoms with Crippen molar-refractivity contribution in [3.05, 3.63) is 0 Å². The van der Waals surface area contributed by atoms with Gasteiger partial charge in [0.15, 0.2) is 0 Å². The van der Waals surface area contributed by atoms with Crippen LogP contribution < -0.4 is 0 Å². The molecule has 0 aliphatic heterocycles. The molecule has 0 bridgehead atoms. The van der Waals surface area contributed by atoms with E-state index in [1.807, 2.05) is 0 Å². The second-order valence-electron chi connectivity index (χ2n) is 2.61. The summed E-state index contributed by atoms with van der Waals surface area (Å²) in [7, 11) is 4.15. The van der Waals surface area contributed by atoms with Gasteiger partial charge in [0.1, 0.15) is 0 Å². The Morgan fingerprint density at radius 2 is 1.00 bits per heavy atom. The van der Waals surface area contributed by atoms with Crippen LogP contribution in [0.4, 0.5) is 0 Å². The van der Waals surface area contributed by atoms with Gasteiger partial charge in [-0.2, -0.15) is 0 Å². The Bertz CT molecular complexity index is 71.6. The Labute approximate surface area is 89.3 Å². The molecule has 1 N–H and O–H groups in total. The minimum absolute atomic E-state index is 0. The molecule has 0 atom stereocenters. The Morgan fingerprint density at radius 3 is 1.00 bits per heavy atom. The van der Waals surface area contributed by atoms with Crippen LogP contribution in [0.25, 0.3) is 0 Å². The van der Waals surface area contributed by atoms with E-state index in [2.05, 4.69) is 38.2 Å². The Morgan fingerprint density at radius 1 is 0.833 bits per heavy atom. The zero-order chi connectivity index (χ0) is 9.33. The molecule has 1 radical (unpaired) electrons. The van der Waals surface area contributed by atoms with E-state index in [4.69, 9.17) is 0 Å². The molecular weight excluding hydrogens is 231 g/mol. The van der Waals surface area contributed by atoms with Gasteiger partial charge in [0.2, 0.25) is 0 Å². The van der Waals surface area contributed by atoms with Crippen LogP contribution in [0.15, 0.2) is 0 Å². The normalized spacial score (nSPS) is 9.33. The van der Waals surface area contributed by atoms with Crippen LogP contribution in [0.2, 0.25) is 0 Å². The predicted molar refractivity (Wildman–Crippen MR) is 59.1 cm³/mol. The Kier molecular flexibility index (Phi) is 18.0. The molecule has 0 fully saturated rings. The first-order chi connectivity index (χ1) is 5.24. The molecule has 0 saturated carbocycles. The maximum atomic E-state index is 4.15. The van der Waals surface area contributed by atoms with Crippen LogP contribution >= 0.6 is 10.5 Å². The van der Waals surface area contributed by atoms with Crippen molar-refractivity contribution in [3.63, 3.8) is 0 Å². The molecule has 0 spiro atoms. The van der Waals surface area contributed by atoms with Crippen molar-refractivity contribution in [1.82, 2.24) is 0 Å². The fourth-order valence-corrected chi connectivity index (χ4v) is 1.34. The monoisotopic (exact) mass is 254 g/mol. The van der Waals surface area contributed by atoms with Gasteiger partial charge in [0, 0.05) is 0 Å². The number of rotatable bonds is 4. The summed E-state index contributed by atoms with van der Waals surface area (Å²) in [6.07, 6.45) is 0. The summed E-state index contributed by atoms with van der Waals surface area (Å²) in [6.45, 7) is 14.2. The summed E-state index contributed by atoms with van der Waals surface area (Å²) in [5, 5.41) is 0. The molecule has 0 rings (SSSR count). The molecule has 0 unspecified atom stereocenters. The molecular formula is C8H22GeNOS. The van der Waals surface area contributed by atoms with Crippen molar-refractivity contribution in [2.45, 2.75) is 27.7 Å². The molecule has 4 heteroatoms. The number of quaternary nitrogens is 1. The van der Waals surface area contributed by atoms with Crippen molar-refractivity contribution in [2.75, 3.05) is 26.2 Å². The van der Waals surface area contributed by atoms with Crippen LogP contribution in [0.1, 0.15) is 27.7 Å². The fraction of sp³-hybridized carbons (Fsp3) is 1.00. The van der Waals surface area contributed by atoms with Gasteiger partial charge in [-0.15, -0.1) is 0 Å². The van der Waals surface area contributed by atoms with E-state index in [0.717, 1.165) is 0 Å². The first-order valence-electron chi connectivity index (χ1n) is 4.33. The van der Waals surface area contributed by atoms with E-state index in [1.165, 1.54) is 45.5 Å². The van der Waals surface area contributed by atoms with E-state index in [-0.39, 0.29) is 5.48 Å². The average molecular weight is 253 g/mol. The molecule has 2 nitrogen and oxygen atoms in total. The van der Waals surface area contributed by atoms with Crippen LogP contribution in [0.5, 0.6) is 0 Å². The number of hydrogen-bond acceptors (Lipinski definition) is 2. The quantitative estimate of drug-likeness (QED) is 0.563. The minimum atomic E-state index is 0. The average Bonchev–Trinajstić information content (AvgIpc) is 2.13. The fourth-order valence-electron chi connectivity index (χ4n) is 1.34. The summed E-state index contributed by atoms with van der Waals surface area (Å²) in [5.74, 6) is 0. The van der Waals surface area contributed by atoms with Gasteiger partial charge in [-0.1, -0.05) is 0 Å². The van der Waals surface area contributed by atoms with Crippen molar-refractivity contribution >= 4 is 25.3 Å². The third-order valence-corrected chi connectivity index (χ3v) is 2.68. The molecule has 0 aromatic carbocycles. The van der Waals surface area contributed by atoms with Gasteiger partial charge in [-0.05, 0) is 27.7 Å². The van der Waals surface area contributed by atoms with E-state index in [0.29, 0.717) is 0 Å². The first-order valence-corrected chi connectivity index (χ1v) is 7.77. The van der Waals surface area contributed by atoms with E-state index < -0.39 is 0 Å². The topological polar surface area (TPSA) is 30.0 Å².